The largest absolute Gasteiger partial charge is 0.354 e. The number of carbonyl (C=O) groups is 2. The first-order chi connectivity index (χ1) is 13.4. The van der Waals surface area contributed by atoms with Crippen LogP contribution < -0.4 is 5.32 Å². The Kier molecular flexibility index (Phi) is 9.00. The van der Waals surface area contributed by atoms with Crippen molar-refractivity contribution in [3.63, 3.8) is 0 Å². The second-order valence-electron chi connectivity index (χ2n) is 6.77. The van der Waals surface area contributed by atoms with Crippen molar-refractivity contribution in [2.45, 2.75) is 45.7 Å². The van der Waals surface area contributed by atoms with Crippen LogP contribution in [-0.4, -0.2) is 29.3 Å². The summed E-state index contributed by atoms with van der Waals surface area (Å²) in [6.07, 6.45) is 2.15. The van der Waals surface area contributed by atoms with Gasteiger partial charge in [0.05, 0.1) is 6.42 Å². The molecule has 2 amide bonds. The smallest absolute Gasteiger partial charge is 0.242 e. The molecule has 0 aromatic heterocycles. The molecule has 150 valence electrons. The normalized spacial score (nSPS) is 11.7. The predicted octanol–water partition coefficient (Wildman–Crippen LogP) is 4.98. The summed E-state index contributed by atoms with van der Waals surface area (Å²) in [7, 11) is 0. The average molecular weight is 466 g/mol. The van der Waals surface area contributed by atoms with Crippen LogP contribution in [0.15, 0.2) is 53.0 Å². The van der Waals surface area contributed by atoms with E-state index in [0.717, 1.165) is 28.4 Å². The minimum atomic E-state index is -0.555. The summed E-state index contributed by atoms with van der Waals surface area (Å²) in [5.74, 6) is -0.224. The SMILES string of the molecule is CCCCNC(=O)[C@@H](C)N(Cc1ccc(Br)cc1)C(=O)Cc1ccc(Cl)cc1. The minimum Gasteiger partial charge on any atom is -0.354 e. The van der Waals surface area contributed by atoms with Crippen molar-refractivity contribution in [3.05, 3.63) is 69.2 Å². The van der Waals surface area contributed by atoms with Crippen molar-refractivity contribution in [3.8, 4) is 0 Å². The molecular weight excluding hydrogens is 440 g/mol. The number of hydrogen-bond donors (Lipinski definition) is 1. The van der Waals surface area contributed by atoms with E-state index in [4.69, 9.17) is 11.6 Å². The molecule has 0 saturated carbocycles. The lowest BCUT2D eigenvalue weighted by atomic mass is 10.1. The number of halogens is 2. The average Bonchev–Trinajstić information content (AvgIpc) is 2.68. The van der Waals surface area contributed by atoms with Crippen molar-refractivity contribution >= 4 is 39.3 Å². The van der Waals surface area contributed by atoms with Crippen molar-refractivity contribution < 1.29 is 9.59 Å². The van der Waals surface area contributed by atoms with Crippen LogP contribution in [0, 0.1) is 0 Å². The Morgan fingerprint density at radius 3 is 2.29 bits per heavy atom. The molecule has 0 radical (unpaired) electrons. The van der Waals surface area contributed by atoms with Crippen LogP contribution in [0.2, 0.25) is 5.02 Å². The molecule has 0 fully saturated rings. The van der Waals surface area contributed by atoms with E-state index in [2.05, 4.69) is 28.2 Å². The van der Waals surface area contributed by atoms with Crippen LogP contribution in [0.25, 0.3) is 0 Å². The molecule has 0 bridgehead atoms. The van der Waals surface area contributed by atoms with Gasteiger partial charge in [0.25, 0.3) is 0 Å². The van der Waals surface area contributed by atoms with Gasteiger partial charge >= 0.3 is 0 Å². The molecule has 2 aromatic rings. The molecule has 0 saturated heterocycles. The Morgan fingerprint density at radius 1 is 1.07 bits per heavy atom. The van der Waals surface area contributed by atoms with E-state index in [-0.39, 0.29) is 18.2 Å². The molecule has 0 aliphatic heterocycles. The Balaban J connectivity index is 2.15. The highest BCUT2D eigenvalue weighted by Crippen LogP contribution is 2.16. The minimum absolute atomic E-state index is 0.0941. The van der Waals surface area contributed by atoms with Gasteiger partial charge < -0.3 is 10.2 Å². The van der Waals surface area contributed by atoms with E-state index in [1.54, 1.807) is 24.0 Å². The summed E-state index contributed by atoms with van der Waals surface area (Å²) in [6.45, 7) is 4.85. The fourth-order valence-electron chi connectivity index (χ4n) is 2.78. The molecule has 0 aliphatic rings. The van der Waals surface area contributed by atoms with Crippen molar-refractivity contribution in [1.29, 1.82) is 0 Å². The molecule has 4 nitrogen and oxygen atoms in total. The summed E-state index contributed by atoms with van der Waals surface area (Å²) in [5.41, 5.74) is 1.84. The highest BCUT2D eigenvalue weighted by molar-refractivity contribution is 9.10. The molecule has 0 aliphatic carbocycles. The zero-order chi connectivity index (χ0) is 20.5. The first-order valence-electron chi connectivity index (χ1n) is 9.46. The zero-order valence-corrected chi connectivity index (χ0v) is 18.6. The first kappa shape index (κ1) is 22.4. The standard InChI is InChI=1S/C22H26BrClN2O2/c1-3-4-13-25-22(28)16(2)26(15-18-5-9-19(23)10-6-18)21(27)14-17-7-11-20(24)12-8-17/h5-12,16H,3-4,13-15H2,1-2H3,(H,25,28)/t16-/m1/s1. The van der Waals surface area contributed by atoms with Gasteiger partial charge in [-0.05, 0) is 48.7 Å². The summed E-state index contributed by atoms with van der Waals surface area (Å²) in [5, 5.41) is 3.56. The Labute approximate surface area is 180 Å². The summed E-state index contributed by atoms with van der Waals surface area (Å²) in [4.78, 5) is 27.3. The number of hydrogen-bond acceptors (Lipinski definition) is 2. The topological polar surface area (TPSA) is 49.4 Å². The van der Waals surface area contributed by atoms with Gasteiger partial charge in [-0.2, -0.15) is 0 Å². The van der Waals surface area contributed by atoms with Gasteiger partial charge in [-0.25, -0.2) is 0 Å². The Hall–Kier alpha value is -1.85. The summed E-state index contributed by atoms with van der Waals surface area (Å²) < 4.78 is 0.973. The first-order valence-corrected chi connectivity index (χ1v) is 10.6. The highest BCUT2D eigenvalue weighted by atomic mass is 79.9. The second-order valence-corrected chi connectivity index (χ2v) is 8.12. The molecule has 28 heavy (non-hydrogen) atoms. The van der Waals surface area contributed by atoms with E-state index in [1.165, 1.54) is 0 Å². The van der Waals surface area contributed by atoms with Gasteiger partial charge in [0.2, 0.25) is 11.8 Å². The van der Waals surface area contributed by atoms with Crippen molar-refractivity contribution in [2.24, 2.45) is 0 Å². The van der Waals surface area contributed by atoms with Gasteiger partial charge in [0, 0.05) is 22.6 Å². The van der Waals surface area contributed by atoms with Gasteiger partial charge in [-0.3, -0.25) is 9.59 Å². The van der Waals surface area contributed by atoms with Crippen LogP contribution in [0.3, 0.4) is 0 Å². The maximum absolute atomic E-state index is 13.0. The number of rotatable bonds is 9. The second kappa shape index (κ2) is 11.2. The van der Waals surface area contributed by atoms with Crippen molar-refractivity contribution in [1.82, 2.24) is 10.2 Å². The number of nitrogens with zero attached hydrogens (tertiary/aromatic N) is 1. The molecular formula is C22H26BrClN2O2. The van der Waals surface area contributed by atoms with Crippen molar-refractivity contribution in [2.75, 3.05) is 6.54 Å². The van der Waals surface area contributed by atoms with E-state index in [9.17, 15) is 9.59 Å². The van der Waals surface area contributed by atoms with Crippen LogP contribution in [0.4, 0.5) is 0 Å². The zero-order valence-electron chi connectivity index (χ0n) is 16.3. The van der Waals surface area contributed by atoms with Gasteiger partial charge in [0.15, 0.2) is 0 Å². The van der Waals surface area contributed by atoms with Gasteiger partial charge in [0.1, 0.15) is 6.04 Å². The fourth-order valence-corrected chi connectivity index (χ4v) is 3.17. The van der Waals surface area contributed by atoms with Crippen LogP contribution in [0.1, 0.15) is 37.8 Å². The lowest BCUT2D eigenvalue weighted by Gasteiger charge is -2.29. The lowest BCUT2D eigenvalue weighted by Crippen LogP contribution is -2.48. The highest BCUT2D eigenvalue weighted by Gasteiger charge is 2.26. The van der Waals surface area contributed by atoms with Crippen LogP contribution >= 0.6 is 27.5 Å². The third-order valence-electron chi connectivity index (χ3n) is 4.53. The molecule has 1 N–H and O–H groups in total. The third kappa shape index (κ3) is 6.95. The number of carbonyl (C=O) groups excluding carboxylic acids is 2. The van der Waals surface area contributed by atoms with E-state index < -0.39 is 6.04 Å². The fraction of sp³-hybridized carbons (Fsp3) is 0.364. The molecule has 0 heterocycles. The van der Waals surface area contributed by atoms with Gasteiger partial charge in [-0.1, -0.05) is 65.1 Å². The maximum atomic E-state index is 13.0. The molecule has 2 rings (SSSR count). The van der Waals surface area contributed by atoms with Crippen LogP contribution in [-0.2, 0) is 22.6 Å². The predicted molar refractivity (Wildman–Crippen MR) is 117 cm³/mol. The molecule has 6 heteroatoms. The third-order valence-corrected chi connectivity index (χ3v) is 5.31. The summed E-state index contributed by atoms with van der Waals surface area (Å²) in [6, 6.07) is 14.4. The maximum Gasteiger partial charge on any atom is 0.242 e. The molecule has 0 unspecified atom stereocenters. The number of nitrogens with one attached hydrogen (secondary N) is 1. The summed E-state index contributed by atoms with van der Waals surface area (Å²) >= 11 is 9.35. The lowest BCUT2D eigenvalue weighted by molar-refractivity contribution is -0.140. The van der Waals surface area contributed by atoms with E-state index in [1.807, 2.05) is 36.4 Å². The molecule has 1 atom stereocenters. The van der Waals surface area contributed by atoms with Gasteiger partial charge in [-0.15, -0.1) is 0 Å². The van der Waals surface area contributed by atoms with E-state index >= 15 is 0 Å². The molecule has 0 spiro atoms. The van der Waals surface area contributed by atoms with Crippen LogP contribution in [0.5, 0.6) is 0 Å². The number of unbranched alkanes of at least 4 members (excludes halogenated alkanes) is 1. The van der Waals surface area contributed by atoms with E-state index in [0.29, 0.717) is 18.1 Å². The quantitative estimate of drug-likeness (QED) is 0.531. The monoisotopic (exact) mass is 464 g/mol. The number of benzene rings is 2. The molecule has 2 aromatic carbocycles. The number of amides is 2. The Morgan fingerprint density at radius 2 is 1.68 bits per heavy atom. The Bertz CT molecular complexity index is 778.